The first-order valence-electron chi connectivity index (χ1n) is 38.3. The molecule has 13 heterocycles. The molecule has 0 aromatic carbocycles. The minimum atomic E-state index is -0.981. The van der Waals surface area contributed by atoms with Crippen molar-refractivity contribution in [2.75, 3.05) is 28.7 Å². The topological polar surface area (TPSA) is 548 Å². The molecule has 1 unspecified atom stereocenters. The summed E-state index contributed by atoms with van der Waals surface area (Å²) in [7, 11) is 0. The van der Waals surface area contributed by atoms with Crippen LogP contribution in [0.4, 0.5) is 43.6 Å². The third kappa shape index (κ3) is 28.5. The van der Waals surface area contributed by atoms with Crippen molar-refractivity contribution < 1.29 is 8.78 Å². The molecule has 1 atom stereocenters. The third-order valence-corrected chi connectivity index (χ3v) is 17.4. The molecule has 12 aromatic heterocycles. The number of aromatic nitrogens is 22. The normalized spacial score (nSPS) is 12.4. The molecule has 0 fully saturated rings. The number of hydrogen-bond donors (Lipinski definition) is 10. The molecule has 0 amide bonds. The van der Waals surface area contributed by atoms with E-state index in [1.165, 1.54) is 26.0 Å². The summed E-state index contributed by atoms with van der Waals surface area (Å²) in [5, 5.41) is 0.649. The summed E-state index contributed by atoms with van der Waals surface area (Å²) in [6, 6.07) is 6.81. The number of pyridine rings is 1. The van der Waals surface area contributed by atoms with Crippen LogP contribution in [0.5, 0.6) is 0 Å². The number of fused-ring (bicyclic) bond motifs is 4. The molecule has 0 saturated carbocycles. The maximum Gasteiger partial charge on any atom is 0.350 e. The van der Waals surface area contributed by atoms with Gasteiger partial charge in [0, 0.05) is 106 Å². The van der Waals surface area contributed by atoms with Crippen LogP contribution in [-0.2, 0) is 38.8 Å². The zero-order chi connectivity index (χ0) is 92.4. The first-order chi connectivity index (χ1) is 55.2. The van der Waals surface area contributed by atoms with Gasteiger partial charge in [-0.3, -0.25) is 66.8 Å². The van der Waals surface area contributed by atoms with E-state index in [9.17, 15) is 56.7 Å². The molecule has 40 heteroatoms. The molecular weight excluding hydrogens is 1600 g/mol. The average Bonchev–Trinajstić information content (AvgIpc) is 1.64. The van der Waals surface area contributed by atoms with Gasteiger partial charge in [0.15, 0.2) is 28.7 Å². The fraction of sp³-hybridized carbons (Fsp3) is 0.500. The van der Waals surface area contributed by atoms with Crippen molar-refractivity contribution in [3.8, 4) is 0 Å². The minimum absolute atomic E-state index is 0. The van der Waals surface area contributed by atoms with E-state index >= 15 is 0 Å². The Labute approximate surface area is 718 Å². The highest BCUT2D eigenvalue weighted by Gasteiger charge is 2.33. The molecule has 0 bridgehead atoms. The molecule has 12 aromatic rings. The Morgan fingerprint density at radius 2 is 0.879 bits per heavy atom. The van der Waals surface area contributed by atoms with Gasteiger partial charge in [-0.05, 0) is 204 Å². The number of aromatic amines is 5. The van der Waals surface area contributed by atoms with Crippen molar-refractivity contribution >= 4 is 74.4 Å². The Morgan fingerprint density at radius 3 is 1.39 bits per heavy atom. The van der Waals surface area contributed by atoms with Gasteiger partial charge in [-0.2, -0.15) is 24.3 Å². The number of nitrogens with zero attached hydrogens (tertiary/aromatic N) is 18. The summed E-state index contributed by atoms with van der Waals surface area (Å²) < 4.78 is 38.6. The van der Waals surface area contributed by atoms with Gasteiger partial charge in [-0.1, -0.05) is 43.1 Å². The summed E-state index contributed by atoms with van der Waals surface area (Å²) in [5.74, 6) is 0.225. The number of hydrogen-bond acceptors (Lipinski definition) is 25. The molecule has 0 spiro atoms. The molecule has 124 heavy (non-hydrogen) atoms. The summed E-state index contributed by atoms with van der Waals surface area (Å²) in [5.41, 5.74) is 27.7. The highest BCUT2D eigenvalue weighted by molar-refractivity contribution is 5.84. The molecular formula is C84H130F2N28O10. The van der Waals surface area contributed by atoms with Gasteiger partial charge in [0.25, 0.3) is 27.8 Å². The lowest BCUT2D eigenvalue weighted by Gasteiger charge is -2.24. The lowest BCUT2D eigenvalue weighted by atomic mass is 9.80. The van der Waals surface area contributed by atoms with Gasteiger partial charge < -0.3 is 52.3 Å². The van der Waals surface area contributed by atoms with Crippen molar-refractivity contribution in [2.24, 2.45) is 10.4 Å². The SMILES string of the molecule is C.C.C.CC(C)(C)n1cc(F)c(=O)[nH]c1=O.CC(C)(C)n1cc(F)c(N)nc1=O.CC(C)(C)n1ccc(=O)[nH]c1=O.CC(C)(C)n1ccc(N)nc1=O.CC(C)(C)n1cnc2c(N)ccnc21.CC(C)n1cnc2c(N)nc(N)nc21.Cc1cn(C(C)(C)C)c(=O)[nH]c1=O.Cc1nc2c(c(=O)[nH]1)N=CC2C(C)(C)C.Cc1nc2c(ccn2C(C)(C)C)c(=O)[nH]1. The Kier molecular flexibility index (Phi) is 35.4. The van der Waals surface area contributed by atoms with Crippen molar-refractivity contribution in [3.05, 3.63) is 219 Å². The van der Waals surface area contributed by atoms with Gasteiger partial charge in [0.05, 0.1) is 35.6 Å². The van der Waals surface area contributed by atoms with Crippen molar-refractivity contribution in [3.63, 3.8) is 0 Å². The molecule has 15 N–H and O–H groups in total. The van der Waals surface area contributed by atoms with Crippen LogP contribution in [0.2, 0.25) is 0 Å². The summed E-state index contributed by atoms with van der Waals surface area (Å²) in [6.45, 7) is 56.1. The van der Waals surface area contributed by atoms with Crippen LogP contribution in [0.25, 0.3) is 33.4 Å². The van der Waals surface area contributed by atoms with Crippen LogP contribution in [0, 0.1) is 37.8 Å². The second kappa shape index (κ2) is 41.1. The van der Waals surface area contributed by atoms with E-state index in [2.05, 4.69) is 132 Å². The smallest absolute Gasteiger partial charge is 0.350 e. The number of nitrogen functional groups attached to an aromatic ring is 5. The Morgan fingerprint density at radius 1 is 0.411 bits per heavy atom. The third-order valence-electron chi connectivity index (χ3n) is 17.4. The second-order valence-corrected chi connectivity index (χ2v) is 36.5. The van der Waals surface area contributed by atoms with E-state index in [1.54, 1.807) is 110 Å². The van der Waals surface area contributed by atoms with Crippen LogP contribution < -0.4 is 84.9 Å². The number of rotatable bonds is 1. The summed E-state index contributed by atoms with van der Waals surface area (Å²) in [6.07, 6.45) is 15.7. The van der Waals surface area contributed by atoms with Gasteiger partial charge in [-0.15, -0.1) is 0 Å². The number of aliphatic imine (C=N–C) groups is 1. The van der Waals surface area contributed by atoms with Gasteiger partial charge >= 0.3 is 28.4 Å². The first-order valence-corrected chi connectivity index (χ1v) is 38.3. The number of aryl methyl sites for hydroxylation is 3. The number of nitrogens with two attached hydrogens (primary N) is 5. The maximum atomic E-state index is 12.9. The average molecular weight is 1730 g/mol. The predicted molar refractivity (Wildman–Crippen MR) is 491 cm³/mol. The molecule has 1 aliphatic rings. The monoisotopic (exact) mass is 1730 g/mol. The zero-order valence-electron chi connectivity index (χ0n) is 74.5. The Bertz CT molecular complexity index is 6260. The Balaban J connectivity index is 0.000000472. The largest absolute Gasteiger partial charge is 0.397 e. The number of H-pyrrole nitrogens is 5. The number of nitrogens with one attached hydrogen (secondary N) is 5. The number of anilines is 5. The van der Waals surface area contributed by atoms with Gasteiger partial charge in [-0.25, -0.2) is 53.3 Å². The fourth-order valence-electron chi connectivity index (χ4n) is 11.0. The van der Waals surface area contributed by atoms with Crippen LogP contribution >= 0.6 is 0 Å². The minimum Gasteiger partial charge on any atom is -0.397 e. The lowest BCUT2D eigenvalue weighted by Crippen LogP contribution is -2.39. The molecule has 0 aliphatic carbocycles. The quantitative estimate of drug-likeness (QED) is 0.0730. The highest BCUT2D eigenvalue weighted by atomic mass is 19.1. The van der Waals surface area contributed by atoms with Crippen LogP contribution in [-0.4, -0.2) is 113 Å². The first kappa shape index (κ1) is 107. The molecule has 680 valence electrons. The fourth-order valence-corrected chi connectivity index (χ4v) is 11.0. The van der Waals surface area contributed by atoms with E-state index in [4.69, 9.17) is 28.7 Å². The molecule has 38 nitrogen and oxygen atoms in total. The van der Waals surface area contributed by atoms with Gasteiger partial charge in [0.1, 0.15) is 39.8 Å². The molecule has 1 aliphatic heterocycles. The van der Waals surface area contributed by atoms with Crippen LogP contribution in [0.15, 0.2) is 133 Å². The predicted octanol–water partition coefficient (Wildman–Crippen LogP) is 10.6. The van der Waals surface area contributed by atoms with Gasteiger partial charge in [0.2, 0.25) is 11.8 Å². The number of imidazole rings is 2. The number of halogens is 2. The Hall–Kier alpha value is -13.2. The molecule has 13 rings (SSSR count). The van der Waals surface area contributed by atoms with E-state index in [-0.39, 0.29) is 124 Å². The lowest BCUT2D eigenvalue weighted by molar-refractivity contribution is 0.365. The van der Waals surface area contributed by atoms with Crippen molar-refractivity contribution in [2.45, 2.75) is 274 Å². The van der Waals surface area contributed by atoms with Crippen molar-refractivity contribution in [1.29, 1.82) is 0 Å². The van der Waals surface area contributed by atoms with Crippen molar-refractivity contribution in [1.82, 2.24) is 106 Å². The highest BCUT2D eigenvalue weighted by Crippen LogP contribution is 2.39. The van der Waals surface area contributed by atoms with E-state index < -0.39 is 39.7 Å². The summed E-state index contributed by atoms with van der Waals surface area (Å²) in [4.78, 5) is 164. The standard InChI is InChI=1S/2C11H15N3O.C10H14N4.C9H14N2O2.C8H12FN3O.C8H11FN2O2.C8H12N6.C8H13N3O.C8H12N2O2.3CH4/c1-7-12-9-8(10(15)13-7)5-6-14(9)11(2,3)4;1-6-13-8-7(11(2,3)4)5-12-9(8)10(15)14-6;1-10(2,3)14-6-13-8-7(11)4-5-12-9(8)14;1-6-5-11(9(2,3)4)8(13)10-7(6)12;1-8(2,3)12-4-5(9)6(10)11-7(12)13;1-8(2,3)11-4-5(9)6(12)10-7(11)13;1-4(2)14-3-11-5-6(9)12-8(10)13-7(5)14;1-8(2,3)11-5-4-6(9)10-7(11)12;1-8(2,3)10-5-4-6(11)9-7(10)12;;;/h5-6H,1-4H3,(H,12,13,15);5,7H,1-4H3,(H,13,14,15);4-6H,1-3H3,(H2,11,12);5H,1-4H3,(H,10,12,13);4H,1-3H3,(H2,10,11,13);4H,1-3H3,(H,10,12,13);3-4H,1-2H3,(H4,9,10,12,13);4-5H,1-3H3,(H2,9,10,12);4-5H,1-3H3,(H,9,11,12);3*1H4. The van der Waals surface area contributed by atoms with E-state index in [0.29, 0.717) is 51.0 Å². The molecule has 0 radical (unpaired) electrons. The van der Waals surface area contributed by atoms with Crippen LogP contribution in [0.1, 0.15) is 237 Å². The molecule has 0 saturated heterocycles. The van der Waals surface area contributed by atoms with E-state index in [0.717, 1.165) is 39.5 Å². The van der Waals surface area contributed by atoms with E-state index in [1.807, 2.05) is 113 Å². The zero-order valence-corrected chi connectivity index (χ0v) is 74.5. The summed E-state index contributed by atoms with van der Waals surface area (Å²) >= 11 is 0. The second-order valence-electron chi connectivity index (χ2n) is 36.5. The maximum absolute atomic E-state index is 12.9. The van der Waals surface area contributed by atoms with Crippen LogP contribution in [0.3, 0.4) is 0 Å².